The predicted molar refractivity (Wildman–Crippen MR) is 70.9 cm³/mol. The Morgan fingerprint density at radius 2 is 2.19 bits per heavy atom. The predicted octanol–water partition coefficient (Wildman–Crippen LogP) is 0.946. The molecule has 0 aliphatic heterocycles. The van der Waals surface area contributed by atoms with Crippen molar-refractivity contribution in [2.45, 2.75) is 49.9 Å². The summed E-state index contributed by atoms with van der Waals surface area (Å²) >= 11 is 1.64. The van der Waals surface area contributed by atoms with Gasteiger partial charge in [-0.2, -0.15) is 11.8 Å². The summed E-state index contributed by atoms with van der Waals surface area (Å²) < 4.78 is 0. The van der Waals surface area contributed by atoms with E-state index >= 15 is 0 Å². The molecule has 0 aromatic heterocycles. The van der Waals surface area contributed by atoms with Crippen molar-refractivity contribution in [1.82, 2.24) is 5.32 Å². The number of nitrogens with two attached hydrogens (primary N) is 1. The van der Waals surface area contributed by atoms with Crippen LogP contribution in [0, 0.1) is 0 Å². The molecule has 94 valence electrons. The maximum atomic E-state index is 9.15. The van der Waals surface area contributed by atoms with Gasteiger partial charge in [-0.25, -0.2) is 0 Å². The standard InChI is InChI=1S/C11H23N3OS/c1-8(10(7-15)16-2)13-11(12)14-9-5-3-4-6-9/h8-10,15H,3-7H2,1-2H3,(H3,12,13,14). The fourth-order valence-corrected chi connectivity index (χ4v) is 2.66. The summed E-state index contributed by atoms with van der Waals surface area (Å²) in [5.41, 5.74) is 5.85. The van der Waals surface area contributed by atoms with Gasteiger partial charge in [0, 0.05) is 11.3 Å². The third-order valence-corrected chi connectivity index (χ3v) is 4.23. The van der Waals surface area contributed by atoms with E-state index in [2.05, 4.69) is 10.3 Å². The largest absolute Gasteiger partial charge is 0.395 e. The number of aliphatic hydroxyl groups is 1. The number of aliphatic hydroxyl groups excluding tert-OH is 1. The molecule has 0 aromatic carbocycles. The number of hydrogen-bond acceptors (Lipinski definition) is 3. The van der Waals surface area contributed by atoms with E-state index < -0.39 is 0 Å². The van der Waals surface area contributed by atoms with Crippen molar-refractivity contribution in [2.24, 2.45) is 10.7 Å². The molecule has 16 heavy (non-hydrogen) atoms. The highest BCUT2D eigenvalue weighted by Crippen LogP contribution is 2.20. The zero-order valence-corrected chi connectivity index (χ0v) is 11.0. The van der Waals surface area contributed by atoms with Gasteiger partial charge in [-0.3, -0.25) is 4.99 Å². The number of nitrogens with zero attached hydrogens (tertiary/aromatic N) is 1. The minimum atomic E-state index is 0.144. The lowest BCUT2D eigenvalue weighted by Crippen LogP contribution is -2.45. The highest BCUT2D eigenvalue weighted by Gasteiger charge is 2.17. The summed E-state index contributed by atoms with van der Waals surface area (Å²) in [4.78, 5) is 4.46. The van der Waals surface area contributed by atoms with Gasteiger partial charge in [-0.15, -0.1) is 0 Å². The molecule has 1 fully saturated rings. The summed E-state index contributed by atoms with van der Waals surface area (Å²) in [5.74, 6) is 0.520. The van der Waals surface area contributed by atoms with Crippen molar-refractivity contribution >= 4 is 17.7 Å². The van der Waals surface area contributed by atoms with Crippen LogP contribution in [0.4, 0.5) is 0 Å². The number of hydrogen-bond donors (Lipinski definition) is 3. The summed E-state index contributed by atoms with van der Waals surface area (Å²) in [6.07, 6.45) is 6.83. The molecule has 0 heterocycles. The molecule has 1 rings (SSSR count). The Morgan fingerprint density at radius 3 is 2.69 bits per heavy atom. The van der Waals surface area contributed by atoms with Crippen LogP contribution in [-0.4, -0.2) is 41.3 Å². The molecule has 0 radical (unpaired) electrons. The van der Waals surface area contributed by atoms with Gasteiger partial charge in [0.05, 0.1) is 12.6 Å². The van der Waals surface area contributed by atoms with E-state index in [0.29, 0.717) is 12.0 Å². The van der Waals surface area contributed by atoms with Gasteiger partial charge in [0.2, 0.25) is 0 Å². The van der Waals surface area contributed by atoms with Gasteiger partial charge < -0.3 is 16.2 Å². The van der Waals surface area contributed by atoms with E-state index in [0.717, 1.165) is 12.8 Å². The van der Waals surface area contributed by atoms with E-state index in [1.807, 2.05) is 13.2 Å². The lowest BCUT2D eigenvalue weighted by atomic mass is 10.2. The third-order valence-electron chi connectivity index (χ3n) is 3.06. The zero-order valence-electron chi connectivity index (χ0n) is 10.1. The fourth-order valence-electron chi connectivity index (χ4n) is 2.03. The Bertz CT molecular complexity index is 225. The van der Waals surface area contributed by atoms with Crippen LogP contribution in [0.3, 0.4) is 0 Å². The summed E-state index contributed by atoms with van der Waals surface area (Å²) in [7, 11) is 0. The van der Waals surface area contributed by atoms with Gasteiger partial charge in [0.25, 0.3) is 0 Å². The van der Waals surface area contributed by atoms with Crippen LogP contribution in [0.25, 0.3) is 0 Å². The molecule has 2 unspecified atom stereocenters. The first-order chi connectivity index (χ1) is 7.67. The molecule has 0 spiro atoms. The summed E-state index contributed by atoms with van der Waals surface area (Å²) in [6.45, 7) is 2.18. The molecule has 1 aliphatic carbocycles. The van der Waals surface area contributed by atoms with Gasteiger partial charge in [-0.1, -0.05) is 12.8 Å². The fraction of sp³-hybridized carbons (Fsp3) is 0.909. The van der Waals surface area contributed by atoms with Crippen LogP contribution >= 0.6 is 11.8 Å². The maximum Gasteiger partial charge on any atom is 0.189 e. The van der Waals surface area contributed by atoms with Crippen LogP contribution in [0.1, 0.15) is 32.6 Å². The summed E-state index contributed by atoms with van der Waals surface area (Å²) in [6, 6.07) is 0.548. The molecular weight excluding hydrogens is 222 g/mol. The Hall–Kier alpha value is -0.420. The van der Waals surface area contributed by atoms with E-state index in [1.165, 1.54) is 12.8 Å². The molecule has 4 nitrogen and oxygen atoms in total. The second-order valence-electron chi connectivity index (χ2n) is 4.34. The lowest BCUT2D eigenvalue weighted by molar-refractivity contribution is 0.281. The molecule has 4 N–H and O–H groups in total. The number of nitrogens with one attached hydrogen (secondary N) is 1. The van der Waals surface area contributed by atoms with Crippen LogP contribution in [0.5, 0.6) is 0 Å². The minimum Gasteiger partial charge on any atom is -0.395 e. The van der Waals surface area contributed by atoms with Gasteiger partial charge in [0.15, 0.2) is 5.96 Å². The smallest absolute Gasteiger partial charge is 0.189 e. The van der Waals surface area contributed by atoms with Crippen LogP contribution in [0.2, 0.25) is 0 Å². The minimum absolute atomic E-state index is 0.144. The molecule has 0 bridgehead atoms. The van der Waals surface area contributed by atoms with Gasteiger partial charge in [0.1, 0.15) is 0 Å². The van der Waals surface area contributed by atoms with Crippen molar-refractivity contribution in [3.05, 3.63) is 0 Å². The van der Waals surface area contributed by atoms with Gasteiger partial charge in [-0.05, 0) is 26.0 Å². The Kier molecular flexibility index (Phi) is 5.98. The number of rotatable bonds is 5. The van der Waals surface area contributed by atoms with E-state index in [9.17, 15) is 0 Å². The summed E-state index contributed by atoms with van der Waals surface area (Å²) in [5, 5.41) is 12.5. The number of thioether (sulfide) groups is 1. The Morgan fingerprint density at radius 1 is 1.56 bits per heavy atom. The Labute approximate surface area is 102 Å². The SMILES string of the molecule is CSC(CO)C(C)NC(N)=NC1CCCC1. The first-order valence-electron chi connectivity index (χ1n) is 5.90. The molecule has 1 saturated carbocycles. The maximum absolute atomic E-state index is 9.15. The quantitative estimate of drug-likeness (QED) is 0.498. The molecule has 0 saturated heterocycles. The number of aliphatic imine (C=N–C) groups is 1. The average Bonchev–Trinajstić information content (AvgIpc) is 2.71. The third kappa shape index (κ3) is 4.22. The lowest BCUT2D eigenvalue weighted by Gasteiger charge is -2.22. The van der Waals surface area contributed by atoms with Crippen molar-refractivity contribution < 1.29 is 5.11 Å². The molecule has 1 aliphatic rings. The molecule has 0 aromatic rings. The van der Waals surface area contributed by atoms with E-state index in [-0.39, 0.29) is 17.9 Å². The normalized spacial score (nSPS) is 22.1. The van der Waals surface area contributed by atoms with E-state index in [1.54, 1.807) is 11.8 Å². The first kappa shape index (κ1) is 13.6. The number of guanidine groups is 1. The Balaban J connectivity index is 2.39. The van der Waals surface area contributed by atoms with Crippen LogP contribution < -0.4 is 11.1 Å². The van der Waals surface area contributed by atoms with Crippen molar-refractivity contribution in [2.75, 3.05) is 12.9 Å². The first-order valence-corrected chi connectivity index (χ1v) is 7.19. The molecular formula is C11H23N3OS. The topological polar surface area (TPSA) is 70.6 Å². The average molecular weight is 245 g/mol. The molecule has 5 heteroatoms. The van der Waals surface area contributed by atoms with E-state index in [4.69, 9.17) is 10.8 Å². The van der Waals surface area contributed by atoms with Crippen LogP contribution in [0.15, 0.2) is 4.99 Å². The zero-order chi connectivity index (χ0) is 12.0. The second kappa shape index (κ2) is 7.01. The van der Waals surface area contributed by atoms with Crippen molar-refractivity contribution in [3.8, 4) is 0 Å². The van der Waals surface area contributed by atoms with Crippen LogP contribution in [-0.2, 0) is 0 Å². The van der Waals surface area contributed by atoms with Gasteiger partial charge >= 0.3 is 0 Å². The molecule has 2 atom stereocenters. The highest BCUT2D eigenvalue weighted by atomic mass is 32.2. The van der Waals surface area contributed by atoms with Crippen molar-refractivity contribution in [3.63, 3.8) is 0 Å². The van der Waals surface area contributed by atoms with Crippen molar-refractivity contribution in [1.29, 1.82) is 0 Å². The highest BCUT2D eigenvalue weighted by molar-refractivity contribution is 7.99. The molecule has 0 amide bonds. The monoisotopic (exact) mass is 245 g/mol. The second-order valence-corrected chi connectivity index (χ2v) is 5.42.